The van der Waals surface area contributed by atoms with Crippen molar-refractivity contribution >= 4 is 41.5 Å². The predicted octanol–water partition coefficient (Wildman–Crippen LogP) is 3.33. The molecule has 0 aliphatic carbocycles. The molecule has 2 rings (SSSR count). The molecule has 0 bridgehead atoms. The van der Waals surface area contributed by atoms with E-state index in [1.54, 1.807) is 13.2 Å². The van der Waals surface area contributed by atoms with Gasteiger partial charge in [-0.3, -0.25) is 9.67 Å². The lowest BCUT2D eigenvalue weighted by atomic mass is 9.85. The molecule has 1 aromatic carbocycles. The van der Waals surface area contributed by atoms with Gasteiger partial charge in [-0.05, 0) is 23.8 Å². The first kappa shape index (κ1) is 20.8. The lowest BCUT2D eigenvalue weighted by molar-refractivity contribution is 0.508. The minimum Gasteiger partial charge on any atom is -0.356 e. The van der Waals surface area contributed by atoms with Crippen LogP contribution in [0.4, 0.5) is 0 Å². The van der Waals surface area contributed by atoms with Crippen LogP contribution in [0.5, 0.6) is 0 Å². The number of aliphatic imine (C=N–C) groups is 1. The van der Waals surface area contributed by atoms with Gasteiger partial charge in [0.25, 0.3) is 0 Å². The van der Waals surface area contributed by atoms with E-state index in [-0.39, 0.29) is 29.4 Å². The molecule has 1 heterocycles. The largest absolute Gasteiger partial charge is 0.356 e. The van der Waals surface area contributed by atoms with Crippen LogP contribution >= 0.6 is 35.6 Å². The fourth-order valence-corrected chi connectivity index (χ4v) is 2.40. The molecule has 0 atom stereocenters. The molecule has 0 aliphatic heterocycles. The normalized spacial score (nSPS) is 11.8. The number of hydrogen-bond acceptors (Lipinski definition) is 2. The van der Waals surface area contributed by atoms with Gasteiger partial charge in [-0.25, -0.2) is 0 Å². The zero-order chi connectivity index (χ0) is 16.9. The quantitative estimate of drug-likeness (QED) is 0.408. The maximum atomic E-state index is 5.96. The first-order valence-corrected chi connectivity index (χ1v) is 7.97. The number of nitrogens with one attached hydrogen (secondary N) is 2. The molecule has 0 saturated heterocycles. The van der Waals surface area contributed by atoms with Crippen LogP contribution in [0.25, 0.3) is 0 Å². The number of halogens is 2. The van der Waals surface area contributed by atoms with Gasteiger partial charge in [0.15, 0.2) is 5.96 Å². The molecule has 5 nitrogen and oxygen atoms in total. The molecule has 2 aromatic rings. The zero-order valence-electron chi connectivity index (χ0n) is 14.5. The molecule has 0 fully saturated rings. The van der Waals surface area contributed by atoms with Crippen molar-refractivity contribution in [2.45, 2.75) is 25.8 Å². The van der Waals surface area contributed by atoms with Gasteiger partial charge in [0.05, 0.1) is 12.2 Å². The smallest absolute Gasteiger partial charge is 0.191 e. The SMILES string of the molecule is CN=C(NCc1ccnn1C)NCC(C)(C)c1ccc(Cl)cc1.I. The molecule has 0 aliphatic rings. The number of guanidine groups is 1. The fourth-order valence-electron chi connectivity index (χ4n) is 2.28. The molecule has 132 valence electrons. The third-order valence-electron chi connectivity index (χ3n) is 3.91. The van der Waals surface area contributed by atoms with Gasteiger partial charge >= 0.3 is 0 Å². The van der Waals surface area contributed by atoms with Crippen LogP contribution in [0, 0.1) is 0 Å². The van der Waals surface area contributed by atoms with Gasteiger partial charge < -0.3 is 10.6 Å². The molecule has 2 N–H and O–H groups in total. The standard InChI is InChI=1S/C17H24ClN5.HI/c1-17(2,13-5-7-14(18)8-6-13)12-21-16(19-3)20-11-15-9-10-22-23(15)4;/h5-10H,11-12H2,1-4H3,(H2,19,20,21);1H. The van der Waals surface area contributed by atoms with Gasteiger partial charge in [-0.15, -0.1) is 24.0 Å². The van der Waals surface area contributed by atoms with Gasteiger partial charge in [-0.2, -0.15) is 5.10 Å². The van der Waals surface area contributed by atoms with Crippen molar-refractivity contribution in [1.29, 1.82) is 0 Å². The first-order chi connectivity index (χ1) is 10.9. The van der Waals surface area contributed by atoms with E-state index < -0.39 is 0 Å². The van der Waals surface area contributed by atoms with E-state index in [1.165, 1.54) is 5.56 Å². The average Bonchev–Trinajstić information content (AvgIpc) is 2.93. The molecular weight excluding hydrogens is 437 g/mol. The Kier molecular flexibility index (Phi) is 8.02. The Morgan fingerprint density at radius 3 is 2.42 bits per heavy atom. The van der Waals surface area contributed by atoms with Crippen molar-refractivity contribution in [3.63, 3.8) is 0 Å². The second-order valence-corrected chi connectivity index (χ2v) is 6.55. The molecule has 7 heteroatoms. The van der Waals surface area contributed by atoms with Crippen molar-refractivity contribution in [2.75, 3.05) is 13.6 Å². The number of hydrogen-bond donors (Lipinski definition) is 2. The Hall–Kier alpha value is -1.28. The summed E-state index contributed by atoms with van der Waals surface area (Å²) in [4.78, 5) is 4.27. The number of nitrogens with zero attached hydrogens (tertiary/aromatic N) is 3. The van der Waals surface area contributed by atoms with E-state index in [2.05, 4.69) is 46.7 Å². The van der Waals surface area contributed by atoms with Crippen LogP contribution in [0.3, 0.4) is 0 Å². The summed E-state index contributed by atoms with van der Waals surface area (Å²) in [5, 5.41) is 11.6. The maximum absolute atomic E-state index is 5.96. The second-order valence-electron chi connectivity index (χ2n) is 6.12. The van der Waals surface area contributed by atoms with Crippen LogP contribution in [-0.2, 0) is 19.0 Å². The van der Waals surface area contributed by atoms with Crippen molar-refractivity contribution in [3.8, 4) is 0 Å². The fraction of sp³-hybridized carbons (Fsp3) is 0.412. The van der Waals surface area contributed by atoms with Gasteiger partial charge in [0.2, 0.25) is 0 Å². The molecule has 1 aromatic heterocycles. The number of aromatic nitrogens is 2. The molecule has 0 radical (unpaired) electrons. The third kappa shape index (κ3) is 5.66. The monoisotopic (exact) mass is 461 g/mol. The van der Waals surface area contributed by atoms with Crippen molar-refractivity contribution in [1.82, 2.24) is 20.4 Å². The summed E-state index contributed by atoms with van der Waals surface area (Å²) in [6.45, 7) is 5.83. The summed E-state index contributed by atoms with van der Waals surface area (Å²) in [5.74, 6) is 0.772. The van der Waals surface area contributed by atoms with Crippen LogP contribution < -0.4 is 10.6 Å². The molecule has 0 amide bonds. The van der Waals surface area contributed by atoms with Gasteiger partial charge in [0, 0.05) is 37.3 Å². The molecular formula is C17H25ClIN5. The average molecular weight is 462 g/mol. The first-order valence-electron chi connectivity index (χ1n) is 7.60. The van der Waals surface area contributed by atoms with Crippen LogP contribution in [-0.4, -0.2) is 29.3 Å². The number of benzene rings is 1. The molecule has 0 spiro atoms. The summed E-state index contributed by atoms with van der Waals surface area (Å²) in [6, 6.07) is 9.96. The lowest BCUT2D eigenvalue weighted by Gasteiger charge is -2.27. The zero-order valence-corrected chi connectivity index (χ0v) is 17.6. The predicted molar refractivity (Wildman–Crippen MR) is 111 cm³/mol. The summed E-state index contributed by atoms with van der Waals surface area (Å²) in [7, 11) is 3.70. The van der Waals surface area contributed by atoms with Gasteiger partial charge in [0.1, 0.15) is 0 Å². The topological polar surface area (TPSA) is 54.2 Å². The highest BCUT2D eigenvalue weighted by molar-refractivity contribution is 14.0. The highest BCUT2D eigenvalue weighted by Gasteiger charge is 2.20. The number of aryl methyl sites for hydroxylation is 1. The van der Waals surface area contributed by atoms with E-state index in [0.29, 0.717) is 6.54 Å². The Labute approximate surface area is 165 Å². The summed E-state index contributed by atoms with van der Waals surface area (Å²) in [6.07, 6.45) is 1.79. The number of rotatable bonds is 5. The third-order valence-corrected chi connectivity index (χ3v) is 4.16. The summed E-state index contributed by atoms with van der Waals surface area (Å²) in [5.41, 5.74) is 2.30. The van der Waals surface area contributed by atoms with Crippen molar-refractivity contribution < 1.29 is 0 Å². The van der Waals surface area contributed by atoms with E-state index in [1.807, 2.05) is 29.9 Å². The molecule has 24 heavy (non-hydrogen) atoms. The highest BCUT2D eigenvalue weighted by Crippen LogP contribution is 2.23. The second kappa shape index (κ2) is 9.27. The maximum Gasteiger partial charge on any atom is 0.191 e. The Morgan fingerprint density at radius 1 is 1.21 bits per heavy atom. The van der Waals surface area contributed by atoms with Crippen LogP contribution in [0.2, 0.25) is 5.02 Å². The van der Waals surface area contributed by atoms with Gasteiger partial charge in [-0.1, -0.05) is 37.6 Å². The van der Waals surface area contributed by atoms with Crippen LogP contribution in [0.15, 0.2) is 41.5 Å². The minimum absolute atomic E-state index is 0. The van der Waals surface area contributed by atoms with E-state index in [0.717, 1.165) is 23.2 Å². The van der Waals surface area contributed by atoms with E-state index in [4.69, 9.17) is 11.6 Å². The van der Waals surface area contributed by atoms with Crippen LogP contribution in [0.1, 0.15) is 25.1 Å². The van der Waals surface area contributed by atoms with E-state index >= 15 is 0 Å². The minimum atomic E-state index is -0.0330. The lowest BCUT2D eigenvalue weighted by Crippen LogP contribution is -2.43. The van der Waals surface area contributed by atoms with E-state index in [9.17, 15) is 0 Å². The summed E-state index contributed by atoms with van der Waals surface area (Å²) < 4.78 is 1.85. The highest BCUT2D eigenvalue weighted by atomic mass is 127. The van der Waals surface area contributed by atoms with Crippen molar-refractivity contribution in [2.24, 2.45) is 12.0 Å². The Bertz CT molecular complexity index is 664. The van der Waals surface area contributed by atoms with Crippen molar-refractivity contribution in [3.05, 3.63) is 52.8 Å². The molecule has 0 saturated carbocycles. The Balaban J connectivity index is 0.00000288. The molecule has 0 unspecified atom stereocenters. The Morgan fingerprint density at radius 2 is 1.88 bits per heavy atom. The summed E-state index contributed by atoms with van der Waals surface area (Å²) >= 11 is 5.96.